The predicted molar refractivity (Wildman–Crippen MR) is 130 cm³/mol. The van der Waals surface area contributed by atoms with Crippen LogP contribution in [0.1, 0.15) is 48.2 Å². The number of piperazine rings is 1. The van der Waals surface area contributed by atoms with Crippen molar-refractivity contribution in [3.05, 3.63) is 53.1 Å². The fourth-order valence-corrected chi connectivity index (χ4v) is 4.68. The number of carbonyl (C=O) groups is 2. The van der Waals surface area contributed by atoms with Gasteiger partial charge in [-0.15, -0.1) is 0 Å². The van der Waals surface area contributed by atoms with E-state index in [-0.39, 0.29) is 24.2 Å². The Morgan fingerprint density at radius 3 is 2.59 bits per heavy atom. The average molecular weight is 467 g/mol. The molecule has 0 bridgehead atoms. The Morgan fingerprint density at radius 2 is 1.88 bits per heavy atom. The Bertz CT molecular complexity index is 1020. The molecule has 1 aromatic heterocycles. The number of hydrogen-bond acceptors (Lipinski definition) is 7. The number of carbonyl (C=O) groups excluding carboxylic acids is 2. The molecule has 2 N–H and O–H groups in total. The molecular formula is C26H34N4O4. The quantitative estimate of drug-likeness (QED) is 0.576. The maximum Gasteiger partial charge on any atom is 0.226 e. The van der Waals surface area contributed by atoms with Gasteiger partial charge in [0, 0.05) is 52.1 Å². The number of hydrogen-bond donors (Lipinski definition) is 2. The molecule has 4 rings (SSSR count). The first-order valence-electron chi connectivity index (χ1n) is 12.1. The molecule has 8 heteroatoms. The highest BCUT2D eigenvalue weighted by atomic mass is 16.5. The number of fused-ring (bicyclic) bond motifs is 1. The first-order chi connectivity index (χ1) is 16.5. The van der Waals surface area contributed by atoms with Crippen LogP contribution in [-0.4, -0.2) is 71.6 Å². The van der Waals surface area contributed by atoms with Gasteiger partial charge in [0.15, 0.2) is 5.78 Å². The minimum absolute atomic E-state index is 0.0665. The lowest BCUT2D eigenvalue weighted by Gasteiger charge is -2.35. The summed E-state index contributed by atoms with van der Waals surface area (Å²) in [6.45, 7) is 7.27. The van der Waals surface area contributed by atoms with Crippen molar-refractivity contribution in [3.8, 4) is 5.88 Å². The zero-order valence-electron chi connectivity index (χ0n) is 20.0. The maximum atomic E-state index is 13.0. The molecule has 2 atom stereocenters. The van der Waals surface area contributed by atoms with E-state index in [9.17, 15) is 14.7 Å². The Morgan fingerprint density at radius 1 is 1.15 bits per heavy atom. The van der Waals surface area contributed by atoms with Crippen molar-refractivity contribution in [1.29, 1.82) is 0 Å². The molecule has 2 aromatic rings. The van der Waals surface area contributed by atoms with E-state index in [0.717, 1.165) is 18.8 Å². The molecule has 2 aliphatic rings. The van der Waals surface area contributed by atoms with Crippen LogP contribution in [-0.2, 0) is 17.8 Å². The molecule has 8 nitrogen and oxygen atoms in total. The number of pyridine rings is 1. The number of ether oxygens (including phenoxy) is 1. The molecule has 182 valence electrons. The number of rotatable bonds is 8. The molecule has 0 unspecified atom stereocenters. The first-order valence-corrected chi connectivity index (χ1v) is 12.1. The van der Waals surface area contributed by atoms with Crippen LogP contribution in [0, 0.1) is 0 Å². The second-order valence-electron chi connectivity index (χ2n) is 8.94. The van der Waals surface area contributed by atoms with Crippen LogP contribution in [0.15, 0.2) is 36.4 Å². The maximum absolute atomic E-state index is 13.0. The molecule has 34 heavy (non-hydrogen) atoms. The molecule has 3 heterocycles. The molecule has 0 aliphatic carbocycles. The van der Waals surface area contributed by atoms with Crippen LogP contribution in [0.5, 0.6) is 5.88 Å². The topological polar surface area (TPSA) is 95.0 Å². The van der Waals surface area contributed by atoms with Crippen molar-refractivity contribution in [3.63, 3.8) is 0 Å². The second kappa shape index (κ2) is 11.0. The van der Waals surface area contributed by atoms with Gasteiger partial charge in [0.1, 0.15) is 5.82 Å². The largest absolute Gasteiger partial charge is 0.477 e. The summed E-state index contributed by atoms with van der Waals surface area (Å²) < 4.78 is 5.71. The minimum atomic E-state index is -0.613. The van der Waals surface area contributed by atoms with Crippen LogP contribution >= 0.6 is 0 Å². The molecule has 0 spiro atoms. The average Bonchev–Trinajstić information content (AvgIpc) is 2.87. The summed E-state index contributed by atoms with van der Waals surface area (Å²) in [4.78, 5) is 33.2. The highest BCUT2D eigenvalue weighted by Gasteiger charge is 2.26. The Hall–Kier alpha value is -2.97. The fourth-order valence-electron chi connectivity index (χ4n) is 4.68. The van der Waals surface area contributed by atoms with E-state index in [4.69, 9.17) is 4.74 Å². The van der Waals surface area contributed by atoms with Crippen molar-refractivity contribution < 1.29 is 19.4 Å². The van der Waals surface area contributed by atoms with Gasteiger partial charge in [0.05, 0.1) is 18.3 Å². The molecule has 0 radical (unpaired) electrons. The lowest BCUT2D eigenvalue weighted by atomic mass is 9.91. The monoisotopic (exact) mass is 466 g/mol. The summed E-state index contributed by atoms with van der Waals surface area (Å²) in [5.74, 6) is 1.07. The van der Waals surface area contributed by atoms with Gasteiger partial charge in [0.25, 0.3) is 0 Å². The minimum Gasteiger partial charge on any atom is -0.477 e. The Balaban J connectivity index is 1.37. The molecule has 1 fully saturated rings. The van der Waals surface area contributed by atoms with Crippen LogP contribution in [0.25, 0.3) is 0 Å². The molecule has 1 amide bonds. The molecule has 2 aliphatic heterocycles. The highest BCUT2D eigenvalue weighted by Crippen LogP contribution is 2.25. The highest BCUT2D eigenvalue weighted by molar-refractivity contribution is 5.98. The number of Topliss-reactive ketones (excluding diaryl/α,β-unsaturated/α-hetero) is 1. The van der Waals surface area contributed by atoms with Crippen molar-refractivity contribution in [2.75, 3.05) is 37.7 Å². The molecule has 0 saturated carbocycles. The lowest BCUT2D eigenvalue weighted by Crippen LogP contribution is -2.48. The SMILES string of the molecule is CCOc1nc(N2CCN(C(C)=O)CC2)ccc1C(=O)CC[C@@H](O)[C@@H]1Cc2ccccc2CN1. The van der Waals surface area contributed by atoms with Gasteiger partial charge in [-0.05, 0) is 43.0 Å². The van der Waals surface area contributed by atoms with E-state index < -0.39 is 6.10 Å². The van der Waals surface area contributed by atoms with Crippen LogP contribution in [0.4, 0.5) is 5.82 Å². The molecule has 1 aromatic carbocycles. The number of anilines is 1. The number of aliphatic hydroxyl groups excluding tert-OH is 1. The van der Waals surface area contributed by atoms with E-state index in [1.54, 1.807) is 13.0 Å². The summed E-state index contributed by atoms with van der Waals surface area (Å²) in [7, 11) is 0. The number of aromatic nitrogens is 1. The van der Waals surface area contributed by atoms with Crippen molar-refractivity contribution in [1.82, 2.24) is 15.2 Å². The smallest absolute Gasteiger partial charge is 0.226 e. The van der Waals surface area contributed by atoms with Gasteiger partial charge in [-0.2, -0.15) is 4.98 Å². The number of benzene rings is 1. The van der Waals surface area contributed by atoms with Gasteiger partial charge in [0.2, 0.25) is 11.8 Å². The van der Waals surface area contributed by atoms with Gasteiger partial charge in [-0.25, -0.2) is 0 Å². The van der Waals surface area contributed by atoms with Crippen LogP contribution in [0.3, 0.4) is 0 Å². The van der Waals surface area contributed by atoms with Crippen LogP contribution in [0.2, 0.25) is 0 Å². The van der Waals surface area contributed by atoms with Gasteiger partial charge < -0.3 is 25.0 Å². The number of nitrogens with zero attached hydrogens (tertiary/aromatic N) is 3. The summed E-state index contributed by atoms with van der Waals surface area (Å²) in [6.07, 6.45) is 0.735. The van der Waals surface area contributed by atoms with E-state index in [1.165, 1.54) is 11.1 Å². The summed E-state index contributed by atoms with van der Waals surface area (Å²) in [5.41, 5.74) is 2.96. The Labute approximate surface area is 200 Å². The number of ketones is 1. The van der Waals surface area contributed by atoms with Crippen molar-refractivity contribution in [2.24, 2.45) is 0 Å². The number of amides is 1. The number of nitrogens with one attached hydrogen (secondary N) is 1. The second-order valence-corrected chi connectivity index (χ2v) is 8.94. The van der Waals surface area contributed by atoms with E-state index in [1.807, 2.05) is 30.0 Å². The third kappa shape index (κ3) is 5.56. The van der Waals surface area contributed by atoms with Gasteiger partial charge in [-0.3, -0.25) is 9.59 Å². The zero-order chi connectivity index (χ0) is 24.1. The first kappa shape index (κ1) is 24.2. The third-order valence-corrected chi connectivity index (χ3v) is 6.72. The molecular weight excluding hydrogens is 432 g/mol. The van der Waals surface area contributed by atoms with Gasteiger partial charge >= 0.3 is 0 Å². The summed E-state index contributed by atoms with van der Waals surface area (Å²) in [5, 5.41) is 14.1. The standard InChI is InChI=1S/C26H34N4O4/c1-3-34-26-21(8-11-25(28-26)30-14-12-29(13-15-30)18(2)31)23(32)9-10-24(33)22-16-19-6-4-5-7-20(19)17-27-22/h4-8,11,22,24,27,33H,3,9-10,12-17H2,1-2H3/t22-,24+/m0/s1. The molecule has 1 saturated heterocycles. The van der Waals surface area contributed by atoms with E-state index in [2.05, 4.69) is 27.3 Å². The van der Waals surface area contributed by atoms with Gasteiger partial charge in [-0.1, -0.05) is 24.3 Å². The van der Waals surface area contributed by atoms with Crippen molar-refractivity contribution >= 4 is 17.5 Å². The predicted octanol–water partition coefficient (Wildman–Crippen LogP) is 2.19. The van der Waals surface area contributed by atoms with E-state index >= 15 is 0 Å². The number of aliphatic hydroxyl groups is 1. The normalized spacial score (nSPS) is 18.9. The third-order valence-electron chi connectivity index (χ3n) is 6.72. The lowest BCUT2D eigenvalue weighted by molar-refractivity contribution is -0.129. The Kier molecular flexibility index (Phi) is 7.80. The fraction of sp³-hybridized carbons (Fsp3) is 0.500. The summed E-state index contributed by atoms with van der Waals surface area (Å²) >= 11 is 0. The van der Waals surface area contributed by atoms with Crippen LogP contribution < -0.4 is 15.0 Å². The summed E-state index contributed by atoms with van der Waals surface area (Å²) in [6, 6.07) is 11.8. The zero-order valence-corrected chi connectivity index (χ0v) is 20.0. The van der Waals surface area contributed by atoms with Crippen molar-refractivity contribution in [2.45, 2.75) is 51.8 Å². The van der Waals surface area contributed by atoms with E-state index in [0.29, 0.717) is 50.7 Å².